The fourth-order valence-electron chi connectivity index (χ4n) is 1.20. The smallest absolute Gasteiger partial charge is 0.504 e. The van der Waals surface area contributed by atoms with Crippen molar-refractivity contribution in [2.45, 2.75) is 13.3 Å². The second kappa shape index (κ2) is 5.52. The van der Waals surface area contributed by atoms with Crippen LogP contribution < -0.4 is 4.74 Å². The largest absolute Gasteiger partial charge is 0.573 e. The first-order valence-electron chi connectivity index (χ1n) is 4.80. The Kier molecular flexibility index (Phi) is 4.46. The highest BCUT2D eigenvalue weighted by atomic mass is 79.9. The summed E-state index contributed by atoms with van der Waals surface area (Å²) in [6, 6.07) is 2.20. The van der Waals surface area contributed by atoms with Gasteiger partial charge < -0.3 is 14.9 Å². The van der Waals surface area contributed by atoms with Crippen molar-refractivity contribution in [3.8, 4) is 11.5 Å². The van der Waals surface area contributed by atoms with E-state index in [9.17, 15) is 23.1 Å². The van der Waals surface area contributed by atoms with Crippen molar-refractivity contribution in [3.63, 3.8) is 0 Å². The van der Waals surface area contributed by atoms with Crippen LogP contribution in [0, 0.1) is 0 Å². The summed E-state index contributed by atoms with van der Waals surface area (Å²) in [7, 11) is 0. The van der Waals surface area contributed by atoms with Gasteiger partial charge in [-0.3, -0.25) is 0 Å². The summed E-state index contributed by atoms with van der Waals surface area (Å²) in [6.07, 6.45) is -3.92. The monoisotopic (exact) mass is 340 g/mol. The van der Waals surface area contributed by atoms with Crippen molar-refractivity contribution in [1.82, 2.24) is 0 Å². The summed E-state index contributed by atoms with van der Waals surface area (Å²) in [5, 5.41) is 18.3. The van der Waals surface area contributed by atoms with Gasteiger partial charge in [0.05, 0.1) is 0 Å². The third kappa shape index (κ3) is 4.47. The molecule has 104 valence electrons. The standard InChI is InChI=1S/C11H8BrF3O4/c1-5(10(17)18)2-6-3-7(12)4-8(9(6)16)19-11(13,14)15/h2-4,16H,1H3,(H,17,18)/b5-2+. The Morgan fingerprint density at radius 1 is 1.42 bits per heavy atom. The number of aliphatic carboxylic acids is 1. The van der Waals surface area contributed by atoms with E-state index in [-0.39, 0.29) is 15.6 Å². The molecule has 0 saturated heterocycles. The van der Waals surface area contributed by atoms with E-state index in [1.165, 1.54) is 13.0 Å². The lowest BCUT2D eigenvalue weighted by atomic mass is 10.1. The van der Waals surface area contributed by atoms with E-state index in [1.807, 2.05) is 0 Å². The number of rotatable bonds is 3. The zero-order valence-corrected chi connectivity index (χ0v) is 11.0. The van der Waals surface area contributed by atoms with Gasteiger partial charge in [0, 0.05) is 15.6 Å². The maximum absolute atomic E-state index is 12.1. The molecule has 0 aliphatic heterocycles. The zero-order valence-electron chi connectivity index (χ0n) is 9.45. The lowest BCUT2D eigenvalue weighted by molar-refractivity contribution is -0.275. The highest BCUT2D eigenvalue weighted by Crippen LogP contribution is 2.38. The van der Waals surface area contributed by atoms with Gasteiger partial charge in [0.25, 0.3) is 0 Å². The molecular weight excluding hydrogens is 333 g/mol. The van der Waals surface area contributed by atoms with Gasteiger partial charge in [0.2, 0.25) is 0 Å². The van der Waals surface area contributed by atoms with Crippen LogP contribution in [-0.4, -0.2) is 22.5 Å². The van der Waals surface area contributed by atoms with E-state index < -0.39 is 23.8 Å². The first kappa shape index (κ1) is 15.4. The molecule has 1 aromatic rings. The van der Waals surface area contributed by atoms with Crippen LogP contribution in [0.5, 0.6) is 11.5 Å². The summed E-state index contributed by atoms with van der Waals surface area (Å²) in [5.41, 5.74) is -0.250. The Morgan fingerprint density at radius 2 is 2.00 bits per heavy atom. The van der Waals surface area contributed by atoms with E-state index >= 15 is 0 Å². The van der Waals surface area contributed by atoms with E-state index in [4.69, 9.17) is 5.11 Å². The molecule has 8 heteroatoms. The minimum atomic E-state index is -4.96. The molecule has 0 amide bonds. The van der Waals surface area contributed by atoms with Crippen molar-refractivity contribution < 1.29 is 32.9 Å². The molecular formula is C11H8BrF3O4. The Morgan fingerprint density at radius 3 is 2.47 bits per heavy atom. The van der Waals surface area contributed by atoms with E-state index in [0.717, 1.165) is 12.1 Å². The van der Waals surface area contributed by atoms with Crippen molar-refractivity contribution >= 4 is 28.0 Å². The summed E-state index contributed by atoms with van der Waals surface area (Å²) >= 11 is 2.95. The second-order valence-electron chi connectivity index (χ2n) is 3.52. The fraction of sp³-hybridized carbons (Fsp3) is 0.182. The Bertz CT molecular complexity index is 537. The minimum Gasteiger partial charge on any atom is -0.504 e. The number of hydrogen-bond acceptors (Lipinski definition) is 3. The van der Waals surface area contributed by atoms with Gasteiger partial charge in [0.15, 0.2) is 11.5 Å². The van der Waals surface area contributed by atoms with Crippen LogP contribution in [0.3, 0.4) is 0 Å². The molecule has 0 spiro atoms. The van der Waals surface area contributed by atoms with E-state index in [0.29, 0.717) is 0 Å². The summed E-state index contributed by atoms with van der Waals surface area (Å²) < 4.78 is 40.2. The maximum Gasteiger partial charge on any atom is 0.573 e. The van der Waals surface area contributed by atoms with Crippen molar-refractivity contribution in [1.29, 1.82) is 0 Å². The molecule has 0 heterocycles. The van der Waals surface area contributed by atoms with Gasteiger partial charge in [-0.05, 0) is 25.1 Å². The molecule has 0 unspecified atom stereocenters. The Balaban J connectivity index is 3.28. The van der Waals surface area contributed by atoms with Crippen LogP contribution in [0.1, 0.15) is 12.5 Å². The summed E-state index contributed by atoms with van der Waals surface area (Å²) in [6.45, 7) is 1.24. The molecule has 0 aliphatic carbocycles. The maximum atomic E-state index is 12.1. The normalized spacial score (nSPS) is 12.4. The van der Waals surface area contributed by atoms with Crippen LogP contribution in [0.15, 0.2) is 22.2 Å². The van der Waals surface area contributed by atoms with Crippen LogP contribution in [-0.2, 0) is 4.79 Å². The molecule has 4 nitrogen and oxygen atoms in total. The average Bonchev–Trinajstić information content (AvgIpc) is 2.22. The van der Waals surface area contributed by atoms with Gasteiger partial charge in [0.1, 0.15) is 0 Å². The topological polar surface area (TPSA) is 66.8 Å². The molecule has 0 aliphatic rings. The minimum absolute atomic E-state index is 0.103. The predicted octanol–water partition coefficient (Wildman–Crippen LogP) is 3.54. The van der Waals surface area contributed by atoms with Gasteiger partial charge in [-0.25, -0.2) is 4.79 Å². The summed E-state index contributed by atoms with van der Waals surface area (Å²) in [5.74, 6) is -2.86. The van der Waals surface area contributed by atoms with Crippen LogP contribution >= 0.6 is 15.9 Å². The van der Waals surface area contributed by atoms with Crippen molar-refractivity contribution in [2.75, 3.05) is 0 Å². The zero-order chi connectivity index (χ0) is 14.8. The van der Waals surface area contributed by atoms with Crippen LogP contribution in [0.4, 0.5) is 13.2 Å². The number of phenolic OH excluding ortho intramolecular Hbond substituents is 1. The molecule has 1 rings (SSSR count). The van der Waals surface area contributed by atoms with Crippen molar-refractivity contribution in [3.05, 3.63) is 27.7 Å². The number of ether oxygens (including phenoxy) is 1. The number of phenols is 1. The van der Waals surface area contributed by atoms with E-state index in [1.54, 1.807) is 0 Å². The Labute approximate surface area is 114 Å². The Hall–Kier alpha value is -1.70. The molecule has 19 heavy (non-hydrogen) atoms. The lowest BCUT2D eigenvalue weighted by Crippen LogP contribution is -2.17. The molecule has 1 aromatic carbocycles. The number of carboxylic acid groups (broad SMARTS) is 1. The SMILES string of the molecule is C/C(=C\c1cc(Br)cc(OC(F)(F)F)c1O)C(=O)O. The lowest BCUT2D eigenvalue weighted by Gasteiger charge is -2.12. The third-order valence-electron chi connectivity index (χ3n) is 2.00. The number of carboxylic acids is 1. The predicted molar refractivity (Wildman–Crippen MR) is 63.8 cm³/mol. The average molecular weight is 341 g/mol. The number of carbonyl (C=O) groups is 1. The molecule has 0 aromatic heterocycles. The third-order valence-corrected chi connectivity index (χ3v) is 2.46. The van der Waals surface area contributed by atoms with Crippen LogP contribution in [0.25, 0.3) is 6.08 Å². The van der Waals surface area contributed by atoms with Gasteiger partial charge in [-0.15, -0.1) is 13.2 Å². The van der Waals surface area contributed by atoms with Gasteiger partial charge >= 0.3 is 12.3 Å². The first-order chi connectivity index (χ1) is 8.60. The number of benzene rings is 1. The fourth-order valence-corrected chi connectivity index (χ4v) is 1.66. The van der Waals surface area contributed by atoms with Gasteiger partial charge in [-0.2, -0.15) is 0 Å². The molecule has 0 saturated carbocycles. The highest BCUT2D eigenvalue weighted by Gasteiger charge is 2.32. The quantitative estimate of drug-likeness (QED) is 0.826. The molecule has 0 bridgehead atoms. The van der Waals surface area contributed by atoms with Crippen molar-refractivity contribution in [2.24, 2.45) is 0 Å². The van der Waals surface area contributed by atoms with Crippen LogP contribution in [0.2, 0.25) is 0 Å². The molecule has 0 atom stereocenters. The first-order valence-corrected chi connectivity index (χ1v) is 5.59. The number of aromatic hydroxyl groups is 1. The van der Waals surface area contributed by atoms with E-state index in [2.05, 4.69) is 20.7 Å². The molecule has 2 N–H and O–H groups in total. The number of hydrogen-bond donors (Lipinski definition) is 2. The summed E-state index contributed by atoms with van der Waals surface area (Å²) in [4.78, 5) is 10.6. The molecule has 0 radical (unpaired) electrons. The number of alkyl halides is 3. The van der Waals surface area contributed by atoms with Gasteiger partial charge in [-0.1, -0.05) is 15.9 Å². The number of halogens is 4. The second-order valence-corrected chi connectivity index (χ2v) is 4.44. The highest BCUT2D eigenvalue weighted by molar-refractivity contribution is 9.10. The molecule has 0 fully saturated rings.